The normalized spacial score (nSPS) is 24.1. The van der Waals surface area contributed by atoms with Crippen molar-refractivity contribution in [3.05, 3.63) is 0 Å². The van der Waals surface area contributed by atoms with E-state index < -0.39 is 16.8 Å². The molecule has 0 aliphatic carbocycles. The maximum atomic E-state index is 12.2. The predicted octanol–water partition coefficient (Wildman–Crippen LogP) is 0.127. The van der Waals surface area contributed by atoms with Crippen LogP contribution in [-0.4, -0.2) is 51.6 Å². The third-order valence-corrected chi connectivity index (χ3v) is 4.31. The lowest BCUT2D eigenvalue weighted by atomic mass is 10.0. The first-order chi connectivity index (χ1) is 8.31. The smallest absolute Gasteiger partial charge is 0.245 e. The SMILES string of the molecule is CC(C)CC1NC(=O)CN(CC(C)S(C)=O)C1=O. The Morgan fingerprint density at radius 1 is 1.39 bits per heavy atom. The maximum absolute atomic E-state index is 12.2. The van der Waals surface area contributed by atoms with Gasteiger partial charge in [-0.1, -0.05) is 13.8 Å². The number of amides is 2. The molecule has 1 heterocycles. The van der Waals surface area contributed by atoms with E-state index in [-0.39, 0.29) is 23.6 Å². The zero-order chi connectivity index (χ0) is 13.9. The first kappa shape index (κ1) is 15.1. The molecule has 0 aromatic rings. The van der Waals surface area contributed by atoms with Crippen molar-refractivity contribution in [1.82, 2.24) is 10.2 Å². The summed E-state index contributed by atoms with van der Waals surface area (Å²) < 4.78 is 11.3. The van der Waals surface area contributed by atoms with Crippen LogP contribution >= 0.6 is 0 Å². The standard InChI is InChI=1S/C12H22N2O3S/c1-8(2)5-10-12(16)14(7-11(15)13-10)6-9(3)18(4)17/h8-10H,5-7H2,1-4H3,(H,13,15). The topological polar surface area (TPSA) is 66.5 Å². The third kappa shape index (κ3) is 4.08. The summed E-state index contributed by atoms with van der Waals surface area (Å²) in [4.78, 5) is 25.3. The highest BCUT2D eigenvalue weighted by Crippen LogP contribution is 2.12. The lowest BCUT2D eigenvalue weighted by Gasteiger charge is -2.34. The quantitative estimate of drug-likeness (QED) is 0.775. The van der Waals surface area contributed by atoms with Crippen molar-refractivity contribution in [2.75, 3.05) is 19.3 Å². The minimum absolute atomic E-state index is 0.0550. The summed E-state index contributed by atoms with van der Waals surface area (Å²) in [5, 5.41) is 2.61. The molecule has 1 rings (SSSR count). The minimum Gasteiger partial charge on any atom is -0.343 e. The molecule has 0 spiro atoms. The van der Waals surface area contributed by atoms with Gasteiger partial charge < -0.3 is 10.2 Å². The number of rotatable bonds is 5. The van der Waals surface area contributed by atoms with Gasteiger partial charge in [-0.2, -0.15) is 0 Å². The molecule has 1 N–H and O–H groups in total. The Morgan fingerprint density at radius 3 is 2.50 bits per heavy atom. The van der Waals surface area contributed by atoms with Crippen LogP contribution in [0.25, 0.3) is 0 Å². The van der Waals surface area contributed by atoms with E-state index in [4.69, 9.17) is 0 Å². The van der Waals surface area contributed by atoms with Crippen LogP contribution in [0.5, 0.6) is 0 Å². The lowest BCUT2D eigenvalue weighted by molar-refractivity contribution is -0.144. The van der Waals surface area contributed by atoms with Crippen molar-refractivity contribution in [3.63, 3.8) is 0 Å². The highest BCUT2D eigenvalue weighted by Gasteiger charge is 2.33. The number of nitrogens with one attached hydrogen (secondary N) is 1. The molecule has 0 aromatic heterocycles. The largest absolute Gasteiger partial charge is 0.343 e. The summed E-state index contributed by atoms with van der Waals surface area (Å²) >= 11 is 0. The molecule has 5 nitrogen and oxygen atoms in total. The Kier molecular flexibility index (Phi) is 5.31. The number of hydrogen-bond donors (Lipinski definition) is 1. The molecule has 0 aromatic carbocycles. The summed E-state index contributed by atoms with van der Waals surface area (Å²) in [5.74, 6) is 0.159. The molecule has 2 amide bonds. The van der Waals surface area contributed by atoms with E-state index in [9.17, 15) is 13.8 Å². The molecular weight excluding hydrogens is 252 g/mol. The Hall–Kier alpha value is -0.910. The molecule has 3 atom stereocenters. The van der Waals surface area contributed by atoms with E-state index in [1.165, 1.54) is 4.90 Å². The van der Waals surface area contributed by atoms with Crippen LogP contribution < -0.4 is 5.32 Å². The van der Waals surface area contributed by atoms with E-state index in [1.807, 2.05) is 20.8 Å². The van der Waals surface area contributed by atoms with Crippen LogP contribution in [0.3, 0.4) is 0 Å². The van der Waals surface area contributed by atoms with Gasteiger partial charge in [0.1, 0.15) is 6.04 Å². The van der Waals surface area contributed by atoms with Crippen molar-refractivity contribution in [2.24, 2.45) is 5.92 Å². The highest BCUT2D eigenvalue weighted by atomic mass is 32.2. The van der Waals surface area contributed by atoms with Gasteiger partial charge in [-0.05, 0) is 19.3 Å². The van der Waals surface area contributed by atoms with E-state index in [0.717, 1.165) is 0 Å². The van der Waals surface area contributed by atoms with E-state index in [2.05, 4.69) is 5.32 Å². The fourth-order valence-electron chi connectivity index (χ4n) is 1.97. The van der Waals surface area contributed by atoms with E-state index in [0.29, 0.717) is 18.9 Å². The molecule has 1 saturated heterocycles. The molecule has 3 unspecified atom stereocenters. The molecule has 104 valence electrons. The van der Waals surface area contributed by atoms with Gasteiger partial charge in [-0.25, -0.2) is 0 Å². The Morgan fingerprint density at radius 2 is 2.00 bits per heavy atom. The Labute approximate surface area is 111 Å². The lowest BCUT2D eigenvalue weighted by Crippen LogP contribution is -2.59. The van der Waals surface area contributed by atoms with Crippen molar-refractivity contribution in [2.45, 2.75) is 38.5 Å². The van der Waals surface area contributed by atoms with Crippen molar-refractivity contribution >= 4 is 22.6 Å². The number of carbonyl (C=O) groups is 2. The molecule has 1 aliphatic rings. The Bertz CT molecular complexity index is 357. The van der Waals surface area contributed by atoms with Crippen LogP contribution in [0.15, 0.2) is 0 Å². The molecular formula is C12H22N2O3S. The second kappa shape index (κ2) is 6.31. The van der Waals surface area contributed by atoms with Crippen LogP contribution in [0.2, 0.25) is 0 Å². The number of piperazine rings is 1. The molecule has 6 heteroatoms. The number of carbonyl (C=O) groups excluding carboxylic acids is 2. The first-order valence-corrected chi connectivity index (χ1v) is 7.83. The molecule has 0 bridgehead atoms. The first-order valence-electron chi connectivity index (χ1n) is 6.21. The van der Waals surface area contributed by atoms with Gasteiger partial charge in [0.25, 0.3) is 0 Å². The zero-order valence-electron chi connectivity index (χ0n) is 11.4. The summed E-state index contributed by atoms with van der Waals surface area (Å²) in [6.07, 6.45) is 2.26. The number of nitrogens with zero attached hydrogens (tertiary/aromatic N) is 1. The summed E-state index contributed by atoms with van der Waals surface area (Å²) in [5.41, 5.74) is 0. The van der Waals surface area contributed by atoms with E-state index >= 15 is 0 Å². The molecule has 18 heavy (non-hydrogen) atoms. The van der Waals surface area contributed by atoms with Crippen molar-refractivity contribution < 1.29 is 13.8 Å². The molecule has 0 radical (unpaired) electrons. The summed E-state index contributed by atoms with van der Waals surface area (Å²) in [6, 6.07) is -0.427. The fraction of sp³-hybridized carbons (Fsp3) is 0.833. The summed E-state index contributed by atoms with van der Waals surface area (Å²) in [7, 11) is -0.986. The average Bonchev–Trinajstić information content (AvgIpc) is 2.23. The van der Waals surface area contributed by atoms with Gasteiger partial charge in [-0.3, -0.25) is 13.8 Å². The van der Waals surface area contributed by atoms with Crippen molar-refractivity contribution in [1.29, 1.82) is 0 Å². The average molecular weight is 274 g/mol. The Balaban J connectivity index is 2.70. The van der Waals surface area contributed by atoms with Crippen molar-refractivity contribution in [3.8, 4) is 0 Å². The third-order valence-electron chi connectivity index (χ3n) is 3.03. The van der Waals surface area contributed by atoms with Crippen LogP contribution in [-0.2, 0) is 20.4 Å². The van der Waals surface area contributed by atoms with E-state index in [1.54, 1.807) is 6.26 Å². The molecule has 1 aliphatic heterocycles. The van der Waals surface area contributed by atoms with Gasteiger partial charge in [0.2, 0.25) is 11.8 Å². The molecule has 1 fully saturated rings. The van der Waals surface area contributed by atoms with Gasteiger partial charge >= 0.3 is 0 Å². The van der Waals surface area contributed by atoms with Gasteiger partial charge in [-0.15, -0.1) is 0 Å². The number of hydrogen-bond acceptors (Lipinski definition) is 3. The second-order valence-electron chi connectivity index (χ2n) is 5.28. The van der Waals surface area contributed by atoms with Gasteiger partial charge in [0.15, 0.2) is 0 Å². The van der Waals surface area contributed by atoms with Gasteiger partial charge in [0, 0.05) is 28.9 Å². The monoisotopic (exact) mass is 274 g/mol. The second-order valence-corrected chi connectivity index (χ2v) is 7.08. The highest BCUT2D eigenvalue weighted by molar-refractivity contribution is 7.84. The van der Waals surface area contributed by atoms with Crippen LogP contribution in [0.4, 0.5) is 0 Å². The maximum Gasteiger partial charge on any atom is 0.245 e. The zero-order valence-corrected chi connectivity index (χ0v) is 12.3. The molecule has 0 saturated carbocycles. The predicted molar refractivity (Wildman–Crippen MR) is 71.5 cm³/mol. The van der Waals surface area contributed by atoms with Crippen LogP contribution in [0.1, 0.15) is 27.2 Å². The minimum atomic E-state index is -0.986. The fourth-order valence-corrected chi connectivity index (χ4v) is 2.36. The summed E-state index contributed by atoms with van der Waals surface area (Å²) in [6.45, 7) is 6.32. The van der Waals surface area contributed by atoms with Crippen LogP contribution in [0, 0.1) is 5.92 Å². The van der Waals surface area contributed by atoms with Gasteiger partial charge in [0.05, 0.1) is 6.54 Å².